The highest BCUT2D eigenvalue weighted by Crippen LogP contribution is 2.51. The number of urea groups is 1. The summed E-state index contributed by atoms with van der Waals surface area (Å²) in [6.45, 7) is 1.49. The first-order valence-corrected chi connectivity index (χ1v) is 13.2. The number of rotatable bonds is 12. The third-order valence-corrected chi connectivity index (χ3v) is 8.63. The Morgan fingerprint density at radius 1 is 1.16 bits per heavy atom. The van der Waals surface area contributed by atoms with Crippen LogP contribution in [0.2, 0.25) is 0 Å². The molecular formula is C23H31FN2O5S. The third-order valence-electron chi connectivity index (χ3n) is 6.66. The SMILES string of the molecule is O=C1CCN(CCCCCC2(CS(=O)(=O)c3ccc(F)c(OCC4CC4)c3)CC2)C(=O)N1. The third kappa shape index (κ3) is 5.99. The number of halogens is 1. The summed E-state index contributed by atoms with van der Waals surface area (Å²) in [5, 5.41) is 2.32. The van der Waals surface area contributed by atoms with Gasteiger partial charge < -0.3 is 9.64 Å². The molecule has 176 valence electrons. The molecule has 9 heteroatoms. The Kier molecular flexibility index (Phi) is 6.74. The zero-order chi connectivity index (χ0) is 22.8. The topological polar surface area (TPSA) is 92.8 Å². The average Bonchev–Trinajstić information content (AvgIpc) is 3.66. The number of sulfone groups is 1. The molecule has 0 unspecified atom stereocenters. The van der Waals surface area contributed by atoms with Crippen molar-refractivity contribution in [3.8, 4) is 5.75 Å². The molecule has 32 heavy (non-hydrogen) atoms. The first-order chi connectivity index (χ1) is 15.3. The number of imide groups is 1. The Balaban J connectivity index is 1.24. The summed E-state index contributed by atoms with van der Waals surface area (Å²) in [5.74, 6) is -0.213. The van der Waals surface area contributed by atoms with Crippen molar-refractivity contribution in [3.63, 3.8) is 0 Å². The van der Waals surface area contributed by atoms with E-state index in [1.807, 2.05) is 0 Å². The van der Waals surface area contributed by atoms with Crippen molar-refractivity contribution in [2.75, 3.05) is 25.4 Å². The van der Waals surface area contributed by atoms with Gasteiger partial charge in [-0.3, -0.25) is 10.1 Å². The fourth-order valence-electron chi connectivity index (χ4n) is 4.20. The van der Waals surface area contributed by atoms with Crippen LogP contribution in [-0.2, 0) is 14.6 Å². The number of benzene rings is 1. The summed E-state index contributed by atoms with van der Waals surface area (Å²) in [6.07, 6.45) is 7.69. The van der Waals surface area contributed by atoms with E-state index in [1.54, 1.807) is 4.90 Å². The molecule has 0 aromatic heterocycles. The second kappa shape index (κ2) is 9.37. The lowest BCUT2D eigenvalue weighted by Gasteiger charge is -2.26. The van der Waals surface area contributed by atoms with Crippen LogP contribution < -0.4 is 10.1 Å². The van der Waals surface area contributed by atoms with Crippen LogP contribution in [0.1, 0.15) is 57.8 Å². The first kappa shape index (κ1) is 23.0. The van der Waals surface area contributed by atoms with Gasteiger partial charge in [0.2, 0.25) is 5.91 Å². The number of carbonyl (C=O) groups is 2. The summed E-state index contributed by atoms with van der Waals surface area (Å²) in [7, 11) is -3.53. The van der Waals surface area contributed by atoms with Gasteiger partial charge >= 0.3 is 6.03 Å². The van der Waals surface area contributed by atoms with E-state index in [4.69, 9.17) is 4.74 Å². The molecule has 0 spiro atoms. The summed E-state index contributed by atoms with van der Waals surface area (Å²) in [6, 6.07) is 3.51. The van der Waals surface area contributed by atoms with E-state index in [9.17, 15) is 22.4 Å². The van der Waals surface area contributed by atoms with Gasteiger partial charge in [-0.25, -0.2) is 17.6 Å². The van der Waals surface area contributed by atoms with Gasteiger partial charge in [0.15, 0.2) is 21.4 Å². The molecule has 7 nitrogen and oxygen atoms in total. The van der Waals surface area contributed by atoms with E-state index >= 15 is 0 Å². The lowest BCUT2D eigenvalue weighted by molar-refractivity contribution is -0.121. The number of hydrogen-bond acceptors (Lipinski definition) is 5. The highest BCUT2D eigenvalue weighted by atomic mass is 32.2. The van der Waals surface area contributed by atoms with Crippen LogP contribution in [-0.4, -0.2) is 50.7 Å². The minimum atomic E-state index is -3.53. The zero-order valence-electron chi connectivity index (χ0n) is 18.3. The molecule has 4 rings (SSSR count). The lowest BCUT2D eigenvalue weighted by atomic mass is 10.0. The van der Waals surface area contributed by atoms with E-state index < -0.39 is 15.7 Å². The average molecular weight is 467 g/mol. The largest absolute Gasteiger partial charge is 0.490 e. The number of ether oxygens (including phenoxy) is 1. The molecular weight excluding hydrogens is 435 g/mol. The van der Waals surface area contributed by atoms with Gasteiger partial charge in [0, 0.05) is 25.6 Å². The summed E-state index contributed by atoms with van der Waals surface area (Å²) in [4.78, 5) is 24.7. The first-order valence-electron chi connectivity index (χ1n) is 11.5. The van der Waals surface area contributed by atoms with Gasteiger partial charge in [0.25, 0.3) is 0 Å². The molecule has 2 aliphatic carbocycles. The molecule has 2 saturated carbocycles. The van der Waals surface area contributed by atoms with Crippen molar-refractivity contribution in [1.82, 2.24) is 10.2 Å². The maximum absolute atomic E-state index is 14.0. The van der Waals surface area contributed by atoms with Crippen molar-refractivity contribution in [2.24, 2.45) is 11.3 Å². The van der Waals surface area contributed by atoms with Gasteiger partial charge in [-0.15, -0.1) is 0 Å². The molecule has 3 fully saturated rings. The van der Waals surface area contributed by atoms with Crippen LogP contribution in [0.3, 0.4) is 0 Å². The molecule has 3 amide bonds. The predicted molar refractivity (Wildman–Crippen MR) is 117 cm³/mol. The minimum absolute atomic E-state index is 0.0197. The Bertz CT molecular complexity index is 973. The van der Waals surface area contributed by atoms with Crippen molar-refractivity contribution >= 4 is 21.8 Å². The van der Waals surface area contributed by atoms with Crippen LogP contribution in [0, 0.1) is 17.2 Å². The molecule has 0 radical (unpaired) electrons. The van der Waals surface area contributed by atoms with Gasteiger partial charge in [-0.1, -0.05) is 12.8 Å². The number of hydrogen-bond donors (Lipinski definition) is 1. The highest BCUT2D eigenvalue weighted by molar-refractivity contribution is 7.91. The van der Waals surface area contributed by atoms with Gasteiger partial charge in [-0.05, 0) is 62.0 Å². The molecule has 1 aromatic carbocycles. The van der Waals surface area contributed by atoms with Crippen LogP contribution >= 0.6 is 0 Å². The lowest BCUT2D eigenvalue weighted by Crippen LogP contribution is -2.49. The summed E-state index contributed by atoms with van der Waals surface area (Å²) < 4.78 is 45.5. The number of carbonyl (C=O) groups excluding carboxylic acids is 2. The van der Waals surface area contributed by atoms with Crippen molar-refractivity contribution in [1.29, 1.82) is 0 Å². The quantitative estimate of drug-likeness (QED) is 0.375. The van der Waals surface area contributed by atoms with Crippen molar-refractivity contribution in [3.05, 3.63) is 24.0 Å². The molecule has 0 bridgehead atoms. The van der Waals surface area contributed by atoms with Crippen LogP contribution in [0.4, 0.5) is 9.18 Å². The minimum Gasteiger partial charge on any atom is -0.490 e. The second-order valence-corrected chi connectivity index (χ2v) is 11.5. The molecule has 1 N–H and O–H groups in total. The molecule has 1 saturated heterocycles. The van der Waals surface area contributed by atoms with E-state index in [-0.39, 0.29) is 33.8 Å². The van der Waals surface area contributed by atoms with Crippen LogP contribution in [0.5, 0.6) is 5.75 Å². The normalized spacial score (nSPS) is 20.2. The Morgan fingerprint density at radius 2 is 1.94 bits per heavy atom. The fraction of sp³-hybridized carbons (Fsp3) is 0.652. The molecule has 1 aliphatic heterocycles. The van der Waals surface area contributed by atoms with Gasteiger partial charge in [-0.2, -0.15) is 0 Å². The predicted octanol–water partition coefficient (Wildman–Crippen LogP) is 3.67. The van der Waals surface area contributed by atoms with Crippen LogP contribution in [0.25, 0.3) is 0 Å². The molecule has 1 aromatic rings. The zero-order valence-corrected chi connectivity index (χ0v) is 19.1. The number of unbranched alkanes of at least 4 members (excludes halogenated alkanes) is 2. The summed E-state index contributed by atoms with van der Waals surface area (Å²) in [5.41, 5.74) is -0.197. The highest BCUT2D eigenvalue weighted by Gasteiger charge is 2.45. The van der Waals surface area contributed by atoms with Crippen molar-refractivity contribution < 1.29 is 27.1 Å². The molecule has 0 atom stereocenters. The van der Waals surface area contributed by atoms with E-state index in [0.29, 0.717) is 32.0 Å². The van der Waals surface area contributed by atoms with Crippen LogP contribution in [0.15, 0.2) is 23.1 Å². The number of nitrogens with zero attached hydrogens (tertiary/aromatic N) is 1. The number of amides is 3. The summed E-state index contributed by atoms with van der Waals surface area (Å²) >= 11 is 0. The Hall–Kier alpha value is -2.16. The Labute approximate surface area is 188 Å². The van der Waals surface area contributed by atoms with Crippen molar-refractivity contribution in [2.45, 2.75) is 62.7 Å². The monoisotopic (exact) mass is 466 g/mol. The Morgan fingerprint density at radius 3 is 2.62 bits per heavy atom. The maximum atomic E-state index is 14.0. The van der Waals surface area contributed by atoms with E-state index in [1.165, 1.54) is 18.2 Å². The second-order valence-electron chi connectivity index (χ2n) is 9.51. The molecule has 1 heterocycles. The number of nitrogens with one attached hydrogen (secondary N) is 1. The van der Waals surface area contributed by atoms with E-state index in [2.05, 4.69) is 5.32 Å². The van der Waals surface area contributed by atoms with Gasteiger partial charge in [0.05, 0.1) is 17.3 Å². The maximum Gasteiger partial charge on any atom is 0.324 e. The fourth-order valence-corrected chi connectivity index (χ4v) is 6.17. The van der Waals surface area contributed by atoms with Gasteiger partial charge in [0.1, 0.15) is 0 Å². The standard InChI is InChI=1S/C23H31FN2O5S/c24-19-7-6-18(14-20(19)31-15-17-4-5-17)32(29,30)16-23(10-11-23)9-2-1-3-12-26-13-8-21(27)25-22(26)28/h6-7,14,17H,1-5,8-13,15-16H2,(H,25,27,28). The van der Waals surface area contributed by atoms with E-state index in [0.717, 1.165) is 51.4 Å². The molecule has 3 aliphatic rings. The smallest absolute Gasteiger partial charge is 0.324 e.